The van der Waals surface area contributed by atoms with Crippen molar-refractivity contribution in [3.8, 4) is 0 Å². The fourth-order valence-corrected chi connectivity index (χ4v) is 2.95. The second-order valence-corrected chi connectivity index (χ2v) is 6.47. The van der Waals surface area contributed by atoms with E-state index in [-0.39, 0.29) is 55.0 Å². The minimum atomic E-state index is -0.386. The van der Waals surface area contributed by atoms with Crippen molar-refractivity contribution < 1.29 is 23.9 Å². The molecule has 1 aliphatic heterocycles. The van der Waals surface area contributed by atoms with Gasteiger partial charge in [-0.1, -0.05) is 18.2 Å². The Morgan fingerprint density at radius 1 is 1.17 bits per heavy atom. The molecule has 1 aliphatic carbocycles. The van der Waals surface area contributed by atoms with Crippen LogP contribution in [0.3, 0.4) is 0 Å². The molecule has 0 aromatic carbocycles. The predicted molar refractivity (Wildman–Crippen MR) is 83.7 cm³/mol. The molecule has 1 heterocycles. The van der Waals surface area contributed by atoms with E-state index < -0.39 is 0 Å². The lowest BCUT2D eigenvalue weighted by molar-refractivity contribution is -0.131. The minimum absolute atomic E-state index is 0.151. The molecular formula is C14H21N3O5S. The fourth-order valence-electron chi connectivity index (χ4n) is 2.20. The van der Waals surface area contributed by atoms with Gasteiger partial charge in [0.25, 0.3) is 5.24 Å². The van der Waals surface area contributed by atoms with Gasteiger partial charge in [0, 0.05) is 19.6 Å². The van der Waals surface area contributed by atoms with E-state index in [2.05, 4.69) is 10.6 Å². The van der Waals surface area contributed by atoms with Crippen molar-refractivity contribution in [2.24, 2.45) is 5.92 Å². The quantitative estimate of drug-likeness (QED) is 0.597. The van der Waals surface area contributed by atoms with E-state index in [4.69, 9.17) is 4.74 Å². The molecule has 2 N–H and O–H groups in total. The van der Waals surface area contributed by atoms with Crippen LogP contribution in [0.4, 0.5) is 4.79 Å². The third kappa shape index (κ3) is 5.83. The van der Waals surface area contributed by atoms with E-state index in [1.165, 1.54) is 6.42 Å². The zero-order valence-electron chi connectivity index (χ0n) is 12.8. The van der Waals surface area contributed by atoms with Crippen LogP contribution in [0.5, 0.6) is 0 Å². The summed E-state index contributed by atoms with van der Waals surface area (Å²) in [4.78, 5) is 46.8. The van der Waals surface area contributed by atoms with Crippen molar-refractivity contribution >= 4 is 34.7 Å². The molecule has 128 valence electrons. The molecule has 23 heavy (non-hydrogen) atoms. The third-order valence-electron chi connectivity index (χ3n) is 3.78. The average Bonchev–Trinajstić information content (AvgIpc) is 2.77. The van der Waals surface area contributed by atoms with Crippen molar-refractivity contribution in [2.45, 2.75) is 19.3 Å². The van der Waals surface area contributed by atoms with Gasteiger partial charge in [0.1, 0.15) is 13.2 Å². The smallest absolute Gasteiger partial charge is 0.288 e. The number of amides is 4. The van der Waals surface area contributed by atoms with Crippen LogP contribution in [0.15, 0.2) is 0 Å². The topological polar surface area (TPSA) is 105 Å². The van der Waals surface area contributed by atoms with Crippen LogP contribution >= 0.6 is 11.8 Å². The molecular weight excluding hydrogens is 322 g/mol. The van der Waals surface area contributed by atoms with Gasteiger partial charge in [0.15, 0.2) is 0 Å². The summed E-state index contributed by atoms with van der Waals surface area (Å²) in [5.74, 6) is -0.116. The van der Waals surface area contributed by atoms with E-state index in [0.29, 0.717) is 12.5 Å². The lowest BCUT2D eigenvalue weighted by Gasteiger charge is -2.25. The number of ether oxygens (including phenoxy) is 1. The number of thioether (sulfide) groups is 1. The summed E-state index contributed by atoms with van der Waals surface area (Å²) in [6.07, 6.45) is 3.54. The standard InChI is InChI=1S/C14H21N3O5S/c18-11(15-4-5-17-13(20)9-23-14(17)21)7-22-8-12(19)16-6-10-2-1-3-10/h10H,1-9H2,(H,15,18)(H,16,19). The summed E-state index contributed by atoms with van der Waals surface area (Å²) >= 11 is 0.957. The van der Waals surface area contributed by atoms with Gasteiger partial charge in [-0.15, -0.1) is 0 Å². The highest BCUT2D eigenvalue weighted by Gasteiger charge is 2.29. The molecule has 4 amide bonds. The zero-order chi connectivity index (χ0) is 16.7. The van der Waals surface area contributed by atoms with Crippen molar-refractivity contribution in [1.29, 1.82) is 0 Å². The van der Waals surface area contributed by atoms with Crippen LogP contribution in [0.1, 0.15) is 19.3 Å². The Hall–Kier alpha value is -1.61. The first-order chi connectivity index (χ1) is 11.1. The van der Waals surface area contributed by atoms with Gasteiger partial charge in [-0.3, -0.25) is 24.1 Å². The van der Waals surface area contributed by atoms with E-state index in [0.717, 1.165) is 29.5 Å². The second kappa shape index (κ2) is 8.88. The molecule has 0 radical (unpaired) electrons. The molecule has 0 aromatic rings. The van der Waals surface area contributed by atoms with Crippen LogP contribution < -0.4 is 10.6 Å². The first-order valence-corrected chi connectivity index (χ1v) is 8.63. The molecule has 8 nitrogen and oxygen atoms in total. The first kappa shape index (κ1) is 17.7. The number of carbonyl (C=O) groups is 4. The predicted octanol–water partition coefficient (Wildman–Crippen LogP) is -0.269. The lowest BCUT2D eigenvalue weighted by atomic mass is 9.85. The number of rotatable bonds is 9. The Morgan fingerprint density at radius 3 is 2.43 bits per heavy atom. The normalized spacial score (nSPS) is 18.0. The third-order valence-corrected chi connectivity index (χ3v) is 4.64. The molecule has 0 bridgehead atoms. The Morgan fingerprint density at radius 2 is 1.87 bits per heavy atom. The van der Waals surface area contributed by atoms with Crippen LogP contribution in [0, 0.1) is 5.92 Å². The average molecular weight is 343 g/mol. The van der Waals surface area contributed by atoms with Crippen LogP contribution in [0.2, 0.25) is 0 Å². The summed E-state index contributed by atoms with van der Waals surface area (Å²) in [5, 5.41) is 5.02. The van der Waals surface area contributed by atoms with E-state index in [1.807, 2.05) is 0 Å². The van der Waals surface area contributed by atoms with Crippen LogP contribution in [-0.4, -0.2) is 66.5 Å². The molecule has 2 aliphatic rings. The zero-order valence-corrected chi connectivity index (χ0v) is 13.7. The molecule has 0 unspecified atom stereocenters. The number of hydrogen-bond acceptors (Lipinski definition) is 6. The molecule has 0 atom stereocenters. The summed E-state index contributed by atoms with van der Waals surface area (Å²) in [5.41, 5.74) is 0. The molecule has 1 saturated heterocycles. The SMILES string of the molecule is O=C(COCC(=O)NCC1CCC1)NCCN1C(=O)CSC1=O. The number of hydrogen-bond donors (Lipinski definition) is 2. The van der Waals surface area contributed by atoms with Gasteiger partial charge in [-0.2, -0.15) is 0 Å². The number of imide groups is 1. The van der Waals surface area contributed by atoms with Gasteiger partial charge in [0.2, 0.25) is 17.7 Å². The van der Waals surface area contributed by atoms with E-state index >= 15 is 0 Å². The van der Waals surface area contributed by atoms with Gasteiger partial charge in [0.05, 0.1) is 5.75 Å². The summed E-state index contributed by atoms with van der Waals surface area (Å²) < 4.78 is 5.03. The highest BCUT2D eigenvalue weighted by atomic mass is 32.2. The Labute approximate surface area is 138 Å². The van der Waals surface area contributed by atoms with Crippen LogP contribution in [-0.2, 0) is 19.1 Å². The van der Waals surface area contributed by atoms with Crippen molar-refractivity contribution in [1.82, 2.24) is 15.5 Å². The molecule has 9 heteroatoms. The number of nitrogens with one attached hydrogen (secondary N) is 2. The summed E-state index contributed by atoms with van der Waals surface area (Å²) in [6.45, 7) is 0.615. The monoisotopic (exact) mass is 343 g/mol. The first-order valence-electron chi connectivity index (χ1n) is 7.64. The molecule has 2 rings (SSSR count). The maximum atomic E-state index is 11.5. The molecule has 0 spiro atoms. The maximum Gasteiger partial charge on any atom is 0.288 e. The largest absolute Gasteiger partial charge is 0.362 e. The van der Waals surface area contributed by atoms with Gasteiger partial charge >= 0.3 is 0 Å². The Bertz CT molecular complexity index is 465. The van der Waals surface area contributed by atoms with Crippen LogP contribution in [0.25, 0.3) is 0 Å². The molecule has 2 fully saturated rings. The van der Waals surface area contributed by atoms with E-state index in [9.17, 15) is 19.2 Å². The minimum Gasteiger partial charge on any atom is -0.362 e. The number of carbonyl (C=O) groups excluding carboxylic acids is 4. The lowest BCUT2D eigenvalue weighted by Crippen LogP contribution is -2.39. The van der Waals surface area contributed by atoms with Gasteiger partial charge in [-0.05, 0) is 18.8 Å². The van der Waals surface area contributed by atoms with Crippen molar-refractivity contribution in [3.63, 3.8) is 0 Å². The van der Waals surface area contributed by atoms with Gasteiger partial charge in [-0.25, -0.2) is 0 Å². The van der Waals surface area contributed by atoms with Gasteiger partial charge < -0.3 is 15.4 Å². The fraction of sp³-hybridized carbons (Fsp3) is 0.714. The highest BCUT2D eigenvalue weighted by Crippen LogP contribution is 2.25. The number of nitrogens with zero attached hydrogens (tertiary/aromatic N) is 1. The molecule has 1 saturated carbocycles. The van der Waals surface area contributed by atoms with Crippen molar-refractivity contribution in [3.05, 3.63) is 0 Å². The Balaban J connectivity index is 1.48. The maximum absolute atomic E-state index is 11.5. The van der Waals surface area contributed by atoms with E-state index in [1.54, 1.807) is 0 Å². The summed E-state index contributed by atoms with van der Waals surface area (Å²) in [6, 6.07) is 0. The summed E-state index contributed by atoms with van der Waals surface area (Å²) in [7, 11) is 0. The van der Waals surface area contributed by atoms with Crippen molar-refractivity contribution in [2.75, 3.05) is 38.6 Å². The second-order valence-electron chi connectivity index (χ2n) is 5.54. The molecule has 0 aromatic heterocycles. The highest BCUT2D eigenvalue weighted by molar-refractivity contribution is 8.14. The Kier molecular flexibility index (Phi) is 6.85.